The molecule has 0 bridgehead atoms. The average molecular weight is 287 g/mol. The zero-order chi connectivity index (χ0) is 15.1. The van der Waals surface area contributed by atoms with E-state index in [-0.39, 0.29) is 38.0 Å². The van der Waals surface area contributed by atoms with Gasteiger partial charge < -0.3 is 15.1 Å². The molecule has 0 saturated heterocycles. The summed E-state index contributed by atoms with van der Waals surface area (Å²) >= 11 is 0. The summed E-state index contributed by atoms with van der Waals surface area (Å²) in [6.07, 6.45) is -0.275. The summed E-state index contributed by atoms with van der Waals surface area (Å²) in [4.78, 5) is 22.3. The van der Waals surface area contributed by atoms with E-state index in [4.69, 9.17) is 10.2 Å². The lowest BCUT2D eigenvalue weighted by Crippen LogP contribution is -2.29. The molecule has 0 aliphatic rings. The number of nitrogens with zero attached hydrogens (tertiary/aromatic N) is 1. The summed E-state index contributed by atoms with van der Waals surface area (Å²) in [6.45, 7) is -0.0236. The van der Waals surface area contributed by atoms with Gasteiger partial charge in [-0.1, -0.05) is 6.07 Å². The van der Waals surface area contributed by atoms with E-state index in [0.717, 1.165) is 12.1 Å². The van der Waals surface area contributed by atoms with Crippen LogP contribution in [-0.2, 0) is 9.59 Å². The number of aliphatic carboxylic acids is 2. The Balaban J connectivity index is 2.85. The number of carbonyl (C=O) groups is 2. The van der Waals surface area contributed by atoms with Crippen LogP contribution in [-0.4, -0.2) is 35.2 Å². The van der Waals surface area contributed by atoms with Gasteiger partial charge in [-0.2, -0.15) is 0 Å². The van der Waals surface area contributed by atoms with Crippen molar-refractivity contribution < 1.29 is 28.6 Å². The van der Waals surface area contributed by atoms with Crippen LogP contribution in [0.3, 0.4) is 0 Å². The number of anilines is 1. The standard InChI is InChI=1S/C13H15F2NO4/c14-9-3-1-4-10(15)13(9)16(8-6-12(19)20)7-2-5-11(17)18/h1,3-4H,2,5-8H2,(H,17,18)(H,19,20). The Labute approximate surface area is 114 Å². The molecule has 0 aliphatic heterocycles. The van der Waals surface area contributed by atoms with E-state index in [1.807, 2.05) is 0 Å². The summed E-state index contributed by atoms with van der Waals surface area (Å²) in [7, 11) is 0. The minimum Gasteiger partial charge on any atom is -0.481 e. The van der Waals surface area contributed by atoms with Crippen LogP contribution in [0.1, 0.15) is 19.3 Å². The van der Waals surface area contributed by atoms with Gasteiger partial charge in [-0.25, -0.2) is 8.78 Å². The zero-order valence-corrected chi connectivity index (χ0v) is 10.7. The second-order valence-corrected chi connectivity index (χ2v) is 4.20. The maximum absolute atomic E-state index is 13.7. The Bertz CT molecular complexity index is 473. The van der Waals surface area contributed by atoms with Crippen LogP contribution in [0, 0.1) is 11.6 Å². The predicted molar refractivity (Wildman–Crippen MR) is 67.7 cm³/mol. The molecular weight excluding hydrogens is 272 g/mol. The lowest BCUT2D eigenvalue weighted by molar-refractivity contribution is -0.138. The third kappa shape index (κ3) is 4.83. The number of benzene rings is 1. The number of hydrogen-bond donors (Lipinski definition) is 2. The number of rotatable bonds is 8. The van der Waals surface area contributed by atoms with Crippen molar-refractivity contribution >= 4 is 17.6 Å². The topological polar surface area (TPSA) is 77.8 Å². The Morgan fingerprint density at radius 2 is 1.55 bits per heavy atom. The quantitative estimate of drug-likeness (QED) is 0.765. The molecule has 1 aromatic rings. The molecule has 0 aliphatic carbocycles. The van der Waals surface area contributed by atoms with Gasteiger partial charge in [0.05, 0.1) is 6.42 Å². The van der Waals surface area contributed by atoms with Crippen LogP contribution in [0.4, 0.5) is 14.5 Å². The van der Waals surface area contributed by atoms with Gasteiger partial charge in [0.15, 0.2) is 0 Å². The largest absolute Gasteiger partial charge is 0.481 e. The van der Waals surface area contributed by atoms with Gasteiger partial charge in [0, 0.05) is 19.5 Å². The van der Waals surface area contributed by atoms with Crippen LogP contribution in [0.5, 0.6) is 0 Å². The monoisotopic (exact) mass is 287 g/mol. The van der Waals surface area contributed by atoms with Crippen LogP contribution < -0.4 is 4.90 Å². The van der Waals surface area contributed by atoms with Crippen molar-refractivity contribution in [2.75, 3.05) is 18.0 Å². The predicted octanol–water partition coefficient (Wildman–Crippen LogP) is 2.11. The number of hydrogen-bond acceptors (Lipinski definition) is 3. The molecule has 0 amide bonds. The molecular formula is C13H15F2NO4. The average Bonchev–Trinajstić information content (AvgIpc) is 2.34. The molecule has 0 aromatic heterocycles. The van der Waals surface area contributed by atoms with Gasteiger partial charge in [-0.05, 0) is 18.6 Å². The molecule has 0 radical (unpaired) electrons. The highest BCUT2D eigenvalue weighted by Gasteiger charge is 2.17. The number of halogens is 2. The van der Waals surface area contributed by atoms with E-state index in [2.05, 4.69) is 0 Å². The number of carboxylic acid groups (broad SMARTS) is 2. The molecule has 0 spiro atoms. The summed E-state index contributed by atoms with van der Waals surface area (Å²) < 4.78 is 27.3. The van der Waals surface area contributed by atoms with Gasteiger partial charge in [0.2, 0.25) is 0 Å². The first kappa shape index (κ1) is 15.9. The van der Waals surface area contributed by atoms with Gasteiger partial charge in [-0.3, -0.25) is 9.59 Å². The van der Waals surface area contributed by atoms with Crippen molar-refractivity contribution in [1.82, 2.24) is 0 Å². The fourth-order valence-corrected chi connectivity index (χ4v) is 1.78. The van der Waals surface area contributed by atoms with E-state index >= 15 is 0 Å². The van der Waals surface area contributed by atoms with Crippen molar-refractivity contribution in [2.45, 2.75) is 19.3 Å². The van der Waals surface area contributed by atoms with Crippen LogP contribution >= 0.6 is 0 Å². The third-order valence-corrected chi connectivity index (χ3v) is 2.67. The van der Waals surface area contributed by atoms with E-state index < -0.39 is 23.6 Å². The molecule has 1 rings (SSSR count). The SMILES string of the molecule is O=C(O)CCCN(CCC(=O)O)c1c(F)cccc1F. The van der Waals surface area contributed by atoms with Crippen molar-refractivity contribution in [1.29, 1.82) is 0 Å². The summed E-state index contributed by atoms with van der Waals surface area (Å²) in [5.74, 6) is -3.71. The first-order valence-corrected chi connectivity index (χ1v) is 6.04. The number of carboxylic acids is 2. The van der Waals surface area contributed by atoms with Gasteiger partial charge in [0.1, 0.15) is 17.3 Å². The van der Waals surface area contributed by atoms with E-state index in [0.29, 0.717) is 0 Å². The van der Waals surface area contributed by atoms with E-state index in [1.165, 1.54) is 11.0 Å². The summed E-state index contributed by atoms with van der Waals surface area (Å²) in [5.41, 5.74) is -0.320. The van der Waals surface area contributed by atoms with Crippen LogP contribution in [0.2, 0.25) is 0 Å². The molecule has 1 aromatic carbocycles. The Hall–Kier alpha value is -2.18. The molecule has 0 saturated carbocycles. The minimum atomic E-state index is -1.09. The van der Waals surface area contributed by atoms with Gasteiger partial charge >= 0.3 is 11.9 Å². The molecule has 0 atom stereocenters. The van der Waals surface area contributed by atoms with Crippen molar-refractivity contribution in [3.05, 3.63) is 29.8 Å². The van der Waals surface area contributed by atoms with Gasteiger partial charge in [-0.15, -0.1) is 0 Å². The Kier molecular flexibility index (Phi) is 5.89. The molecule has 0 fully saturated rings. The highest BCUT2D eigenvalue weighted by Crippen LogP contribution is 2.23. The lowest BCUT2D eigenvalue weighted by atomic mass is 10.2. The smallest absolute Gasteiger partial charge is 0.305 e. The fourth-order valence-electron chi connectivity index (χ4n) is 1.78. The Morgan fingerprint density at radius 3 is 2.05 bits per heavy atom. The zero-order valence-electron chi connectivity index (χ0n) is 10.7. The first-order chi connectivity index (χ1) is 9.41. The first-order valence-electron chi connectivity index (χ1n) is 6.04. The van der Waals surface area contributed by atoms with Crippen molar-refractivity contribution in [3.8, 4) is 0 Å². The van der Waals surface area contributed by atoms with E-state index in [1.54, 1.807) is 0 Å². The molecule has 110 valence electrons. The normalized spacial score (nSPS) is 10.3. The van der Waals surface area contributed by atoms with Crippen LogP contribution in [0.25, 0.3) is 0 Å². The lowest BCUT2D eigenvalue weighted by Gasteiger charge is -2.24. The maximum atomic E-state index is 13.7. The maximum Gasteiger partial charge on any atom is 0.305 e. The molecule has 0 heterocycles. The van der Waals surface area contributed by atoms with Crippen LogP contribution in [0.15, 0.2) is 18.2 Å². The summed E-state index contributed by atoms with van der Waals surface area (Å²) in [5, 5.41) is 17.2. The van der Waals surface area contributed by atoms with Gasteiger partial charge in [0.25, 0.3) is 0 Å². The Morgan fingerprint density at radius 1 is 1.00 bits per heavy atom. The second kappa shape index (κ2) is 7.42. The van der Waals surface area contributed by atoms with E-state index in [9.17, 15) is 18.4 Å². The minimum absolute atomic E-state index is 0.0669. The molecule has 5 nitrogen and oxygen atoms in total. The molecule has 2 N–H and O–H groups in total. The highest BCUT2D eigenvalue weighted by atomic mass is 19.1. The molecule has 20 heavy (non-hydrogen) atoms. The number of para-hydroxylation sites is 1. The molecule has 0 unspecified atom stereocenters. The highest BCUT2D eigenvalue weighted by molar-refractivity contribution is 5.68. The summed E-state index contributed by atoms with van der Waals surface area (Å²) in [6, 6.07) is 3.35. The third-order valence-electron chi connectivity index (χ3n) is 2.67. The molecule has 7 heteroatoms. The van der Waals surface area contributed by atoms with Crippen molar-refractivity contribution in [3.63, 3.8) is 0 Å². The fraction of sp³-hybridized carbons (Fsp3) is 0.385. The van der Waals surface area contributed by atoms with Crippen molar-refractivity contribution in [2.24, 2.45) is 0 Å². The second-order valence-electron chi connectivity index (χ2n) is 4.20.